The fraction of sp³-hybridized carbons (Fsp3) is 0.619. The molecule has 0 unspecified atom stereocenters. The van der Waals surface area contributed by atoms with Crippen molar-refractivity contribution in [2.45, 2.75) is 64.3 Å². The minimum atomic E-state index is 0.207. The maximum atomic E-state index is 12.5. The van der Waals surface area contributed by atoms with Gasteiger partial charge in [-0.25, -0.2) is 0 Å². The molecule has 0 saturated heterocycles. The average Bonchev–Trinajstić information content (AvgIpc) is 3.51. The van der Waals surface area contributed by atoms with E-state index in [1.54, 1.807) is 0 Å². The monoisotopic (exact) mass is 340 g/mol. The second-order valence-electron chi connectivity index (χ2n) is 7.88. The van der Waals surface area contributed by atoms with Crippen LogP contribution in [-0.2, 0) is 22.6 Å². The van der Waals surface area contributed by atoms with Crippen LogP contribution in [0, 0.1) is 11.8 Å². The number of nitrogens with zero attached hydrogens (tertiary/aromatic N) is 1. The van der Waals surface area contributed by atoms with Gasteiger partial charge >= 0.3 is 0 Å². The Morgan fingerprint density at radius 3 is 2.56 bits per heavy atom. The fourth-order valence-corrected chi connectivity index (χ4v) is 4.24. The molecule has 0 atom stereocenters. The van der Waals surface area contributed by atoms with Gasteiger partial charge in [0.2, 0.25) is 11.8 Å². The van der Waals surface area contributed by atoms with E-state index in [4.69, 9.17) is 0 Å². The Bertz CT molecular complexity index is 660. The molecule has 4 rings (SSSR count). The molecule has 1 heterocycles. The van der Waals surface area contributed by atoms with Gasteiger partial charge in [-0.1, -0.05) is 31.4 Å². The van der Waals surface area contributed by atoms with E-state index in [0.29, 0.717) is 12.5 Å². The van der Waals surface area contributed by atoms with Crippen molar-refractivity contribution in [3.05, 3.63) is 29.3 Å². The van der Waals surface area contributed by atoms with Crippen LogP contribution in [0.4, 0.5) is 5.69 Å². The number of carbonyl (C=O) groups is 2. The summed E-state index contributed by atoms with van der Waals surface area (Å²) in [7, 11) is 0. The largest absolute Gasteiger partial charge is 0.352 e. The second kappa shape index (κ2) is 7.19. The number of carbonyl (C=O) groups excluding carboxylic acids is 2. The molecule has 1 aromatic rings. The predicted octanol–water partition coefficient (Wildman–Crippen LogP) is 3.57. The van der Waals surface area contributed by atoms with E-state index in [0.717, 1.165) is 56.3 Å². The lowest BCUT2D eigenvalue weighted by Gasteiger charge is -2.30. The third-order valence-corrected chi connectivity index (χ3v) is 5.90. The Labute approximate surface area is 150 Å². The predicted molar refractivity (Wildman–Crippen MR) is 98.3 cm³/mol. The van der Waals surface area contributed by atoms with E-state index in [-0.39, 0.29) is 17.7 Å². The fourth-order valence-electron chi connectivity index (χ4n) is 4.24. The molecule has 2 fully saturated rings. The zero-order valence-electron chi connectivity index (χ0n) is 14.9. The quantitative estimate of drug-likeness (QED) is 0.911. The van der Waals surface area contributed by atoms with Gasteiger partial charge < -0.3 is 10.2 Å². The summed E-state index contributed by atoms with van der Waals surface area (Å²) in [6, 6.07) is 6.33. The highest BCUT2D eigenvalue weighted by Gasteiger charge is 2.35. The summed E-state index contributed by atoms with van der Waals surface area (Å²) in [5, 5.41) is 3.12. The Hall–Kier alpha value is -1.84. The number of fused-ring (bicyclic) bond motifs is 1. The first-order valence-electron chi connectivity index (χ1n) is 9.93. The van der Waals surface area contributed by atoms with Crippen molar-refractivity contribution in [3.8, 4) is 0 Å². The molecule has 0 aromatic heterocycles. The van der Waals surface area contributed by atoms with Crippen LogP contribution in [0.25, 0.3) is 0 Å². The van der Waals surface area contributed by atoms with Gasteiger partial charge in [0.05, 0.1) is 0 Å². The molecule has 1 aliphatic heterocycles. The summed E-state index contributed by atoms with van der Waals surface area (Å²) in [4.78, 5) is 26.8. The smallest absolute Gasteiger partial charge is 0.230 e. The molecule has 2 amide bonds. The van der Waals surface area contributed by atoms with Crippen LogP contribution in [0.1, 0.15) is 62.5 Å². The molecule has 0 spiro atoms. The van der Waals surface area contributed by atoms with Crippen molar-refractivity contribution in [1.29, 1.82) is 0 Å². The van der Waals surface area contributed by atoms with Gasteiger partial charge in [0.15, 0.2) is 0 Å². The highest BCUT2D eigenvalue weighted by Crippen LogP contribution is 2.36. The van der Waals surface area contributed by atoms with E-state index < -0.39 is 0 Å². The first-order chi connectivity index (χ1) is 12.2. The van der Waals surface area contributed by atoms with Crippen molar-refractivity contribution in [2.75, 3.05) is 11.4 Å². The zero-order valence-corrected chi connectivity index (χ0v) is 14.9. The summed E-state index contributed by atoms with van der Waals surface area (Å²) < 4.78 is 0. The molecule has 1 aromatic carbocycles. The number of rotatable bonds is 4. The van der Waals surface area contributed by atoms with Gasteiger partial charge in [0.1, 0.15) is 0 Å². The topological polar surface area (TPSA) is 49.4 Å². The van der Waals surface area contributed by atoms with E-state index in [1.807, 2.05) is 4.90 Å². The number of anilines is 1. The number of hydrogen-bond donors (Lipinski definition) is 1. The summed E-state index contributed by atoms with van der Waals surface area (Å²) in [5.41, 5.74) is 3.49. The third kappa shape index (κ3) is 3.73. The standard InChI is InChI=1S/C21H28N2O2/c24-20(16-5-2-1-3-6-16)22-14-15-8-11-19-18(13-15)7-4-12-23(19)21(25)17-9-10-17/h8,11,13,16-17H,1-7,9-10,12,14H2,(H,22,24). The van der Waals surface area contributed by atoms with Gasteiger partial charge in [-0.2, -0.15) is 0 Å². The Morgan fingerprint density at radius 1 is 1.00 bits per heavy atom. The maximum Gasteiger partial charge on any atom is 0.230 e. The summed E-state index contributed by atoms with van der Waals surface area (Å²) >= 11 is 0. The normalized spacial score (nSPS) is 20.9. The van der Waals surface area contributed by atoms with Gasteiger partial charge in [0.25, 0.3) is 0 Å². The highest BCUT2D eigenvalue weighted by molar-refractivity contribution is 5.97. The number of hydrogen-bond acceptors (Lipinski definition) is 2. The maximum absolute atomic E-state index is 12.5. The Kier molecular flexibility index (Phi) is 4.78. The van der Waals surface area contributed by atoms with Crippen LogP contribution in [0.3, 0.4) is 0 Å². The SMILES string of the molecule is O=C(NCc1ccc2c(c1)CCCN2C(=O)C1CC1)C1CCCCC1. The summed E-state index contributed by atoms with van der Waals surface area (Å²) in [6.45, 7) is 1.44. The number of nitrogens with one attached hydrogen (secondary N) is 1. The minimum absolute atomic E-state index is 0.207. The lowest BCUT2D eigenvalue weighted by molar-refractivity contribution is -0.126. The lowest BCUT2D eigenvalue weighted by Crippen LogP contribution is -2.36. The van der Waals surface area contributed by atoms with Crippen molar-refractivity contribution in [2.24, 2.45) is 11.8 Å². The molecular formula is C21H28N2O2. The van der Waals surface area contributed by atoms with Gasteiger partial charge in [-0.3, -0.25) is 9.59 Å². The molecule has 4 heteroatoms. The van der Waals surface area contributed by atoms with Crippen molar-refractivity contribution in [1.82, 2.24) is 5.32 Å². The van der Waals surface area contributed by atoms with Crippen molar-refractivity contribution >= 4 is 17.5 Å². The number of aryl methyl sites for hydroxylation is 1. The molecule has 0 radical (unpaired) electrons. The average molecular weight is 340 g/mol. The Morgan fingerprint density at radius 2 is 1.80 bits per heavy atom. The van der Waals surface area contributed by atoms with Crippen LogP contribution in [0.5, 0.6) is 0 Å². The van der Waals surface area contributed by atoms with Crippen LogP contribution in [-0.4, -0.2) is 18.4 Å². The number of amides is 2. The van der Waals surface area contributed by atoms with Crippen LogP contribution < -0.4 is 10.2 Å². The van der Waals surface area contributed by atoms with Crippen LogP contribution in [0.2, 0.25) is 0 Å². The lowest BCUT2D eigenvalue weighted by atomic mass is 9.88. The molecule has 2 saturated carbocycles. The molecule has 2 aliphatic carbocycles. The van der Waals surface area contributed by atoms with Gasteiger partial charge in [0, 0.05) is 30.6 Å². The molecule has 134 valence electrons. The number of benzene rings is 1. The first-order valence-corrected chi connectivity index (χ1v) is 9.93. The highest BCUT2D eigenvalue weighted by atomic mass is 16.2. The van der Waals surface area contributed by atoms with Crippen molar-refractivity contribution in [3.63, 3.8) is 0 Å². The van der Waals surface area contributed by atoms with E-state index >= 15 is 0 Å². The summed E-state index contributed by atoms with van der Waals surface area (Å²) in [6.07, 6.45) is 9.86. The minimum Gasteiger partial charge on any atom is -0.352 e. The van der Waals surface area contributed by atoms with Crippen molar-refractivity contribution < 1.29 is 9.59 Å². The summed E-state index contributed by atoms with van der Waals surface area (Å²) in [5.74, 6) is 0.987. The molecule has 4 nitrogen and oxygen atoms in total. The van der Waals surface area contributed by atoms with Gasteiger partial charge in [-0.15, -0.1) is 0 Å². The van der Waals surface area contributed by atoms with E-state index in [9.17, 15) is 9.59 Å². The molecule has 0 bridgehead atoms. The third-order valence-electron chi connectivity index (χ3n) is 5.90. The van der Waals surface area contributed by atoms with Crippen LogP contribution in [0.15, 0.2) is 18.2 Å². The van der Waals surface area contributed by atoms with E-state index in [1.165, 1.54) is 24.8 Å². The molecule has 25 heavy (non-hydrogen) atoms. The van der Waals surface area contributed by atoms with Crippen LogP contribution >= 0.6 is 0 Å². The zero-order chi connectivity index (χ0) is 17.2. The Balaban J connectivity index is 1.40. The molecular weight excluding hydrogens is 312 g/mol. The molecule has 1 N–H and O–H groups in total. The van der Waals surface area contributed by atoms with E-state index in [2.05, 4.69) is 23.5 Å². The first kappa shape index (κ1) is 16.6. The molecule has 3 aliphatic rings. The second-order valence-corrected chi connectivity index (χ2v) is 7.88. The van der Waals surface area contributed by atoms with Gasteiger partial charge in [-0.05, 0) is 55.7 Å².